The second-order valence-corrected chi connectivity index (χ2v) is 9.68. The summed E-state index contributed by atoms with van der Waals surface area (Å²) in [5.41, 5.74) is 4.03. The van der Waals surface area contributed by atoms with E-state index in [0.717, 1.165) is 42.1 Å². The molecular weight excluding hydrogens is 376 g/mol. The number of carbonyl (C=O) groups is 1. The Labute approximate surface area is 166 Å². The van der Waals surface area contributed by atoms with Crippen molar-refractivity contribution in [1.82, 2.24) is 8.75 Å². The number of aromatic nitrogens is 2. The third-order valence-corrected chi connectivity index (χ3v) is 7.07. The van der Waals surface area contributed by atoms with Crippen LogP contribution in [-0.2, 0) is 12.8 Å². The average Bonchev–Trinajstić information content (AvgIpc) is 3.23. The van der Waals surface area contributed by atoms with E-state index < -0.39 is 0 Å². The fourth-order valence-corrected chi connectivity index (χ4v) is 5.42. The lowest BCUT2D eigenvalue weighted by Gasteiger charge is -2.33. The fraction of sp³-hybridized carbons (Fsp3) is 0.400. The van der Waals surface area contributed by atoms with Crippen LogP contribution in [0.15, 0.2) is 18.2 Å². The van der Waals surface area contributed by atoms with E-state index in [-0.39, 0.29) is 11.3 Å². The third-order valence-electron chi connectivity index (χ3n) is 5.34. The highest BCUT2D eigenvalue weighted by molar-refractivity contribution is 7.16. The molecule has 1 aliphatic carbocycles. The number of benzene rings is 1. The number of carbonyl (C=O) groups excluding carboxylic acids is 1. The number of amides is 1. The summed E-state index contributed by atoms with van der Waals surface area (Å²) in [5.74, 6) is 0.380. The van der Waals surface area contributed by atoms with Crippen molar-refractivity contribution >= 4 is 45.0 Å². The van der Waals surface area contributed by atoms with Gasteiger partial charge in [-0.25, -0.2) is 0 Å². The molecule has 0 saturated heterocycles. The Kier molecular flexibility index (Phi) is 4.49. The van der Waals surface area contributed by atoms with Crippen LogP contribution in [0.2, 0.25) is 0 Å². The highest BCUT2D eigenvalue weighted by Crippen LogP contribution is 2.44. The summed E-state index contributed by atoms with van der Waals surface area (Å²) in [6, 6.07) is 7.60. The minimum absolute atomic E-state index is 0.215. The highest BCUT2D eigenvalue weighted by Gasteiger charge is 2.32. The first-order valence-corrected chi connectivity index (χ1v) is 10.5. The predicted octanol–water partition coefficient (Wildman–Crippen LogP) is 5.03. The summed E-state index contributed by atoms with van der Waals surface area (Å²) in [7, 11) is 0. The minimum Gasteiger partial charge on any atom is -0.312 e. The Hall–Kier alpha value is -2.30. The largest absolute Gasteiger partial charge is 0.312 e. The second kappa shape index (κ2) is 6.70. The van der Waals surface area contributed by atoms with Crippen molar-refractivity contribution in [2.45, 2.75) is 40.0 Å². The van der Waals surface area contributed by atoms with Gasteiger partial charge < -0.3 is 5.32 Å². The molecule has 0 fully saturated rings. The Morgan fingerprint density at radius 1 is 1.30 bits per heavy atom. The lowest BCUT2D eigenvalue weighted by molar-refractivity contribution is 0.102. The van der Waals surface area contributed by atoms with Crippen molar-refractivity contribution in [2.75, 3.05) is 5.32 Å². The molecule has 1 atom stereocenters. The number of hydrogen-bond acceptors (Lipinski definition) is 6. The topological polar surface area (TPSA) is 78.7 Å². The fourth-order valence-electron chi connectivity index (χ4n) is 3.63. The zero-order valence-electron chi connectivity index (χ0n) is 15.5. The first-order chi connectivity index (χ1) is 12.9. The molecule has 1 amide bonds. The van der Waals surface area contributed by atoms with Crippen LogP contribution in [0.25, 0.3) is 11.0 Å². The van der Waals surface area contributed by atoms with Gasteiger partial charge >= 0.3 is 0 Å². The molecule has 0 radical (unpaired) electrons. The van der Waals surface area contributed by atoms with Gasteiger partial charge in [0.2, 0.25) is 0 Å². The van der Waals surface area contributed by atoms with Crippen molar-refractivity contribution in [2.24, 2.45) is 11.3 Å². The number of nitrogens with one attached hydrogen (secondary N) is 1. The van der Waals surface area contributed by atoms with Gasteiger partial charge in [-0.05, 0) is 54.4 Å². The number of fused-ring (bicyclic) bond motifs is 2. The predicted molar refractivity (Wildman–Crippen MR) is 109 cm³/mol. The number of thiophene rings is 1. The van der Waals surface area contributed by atoms with E-state index in [4.69, 9.17) is 0 Å². The Morgan fingerprint density at radius 3 is 2.81 bits per heavy atom. The molecule has 27 heavy (non-hydrogen) atoms. The molecule has 1 N–H and O–H groups in total. The third kappa shape index (κ3) is 3.35. The zero-order chi connectivity index (χ0) is 19.2. The zero-order valence-corrected chi connectivity index (χ0v) is 17.1. The minimum atomic E-state index is -0.215. The summed E-state index contributed by atoms with van der Waals surface area (Å²) in [5, 5.41) is 13.3. The summed E-state index contributed by atoms with van der Waals surface area (Å²) in [6.45, 7) is 6.81. The molecule has 2 aromatic heterocycles. The summed E-state index contributed by atoms with van der Waals surface area (Å²) < 4.78 is 8.35. The van der Waals surface area contributed by atoms with Gasteiger partial charge in [-0.1, -0.05) is 20.8 Å². The monoisotopic (exact) mass is 396 g/mol. The molecule has 138 valence electrons. The van der Waals surface area contributed by atoms with Crippen LogP contribution in [0, 0.1) is 22.7 Å². The van der Waals surface area contributed by atoms with Crippen molar-refractivity contribution in [3.05, 3.63) is 39.8 Å². The van der Waals surface area contributed by atoms with E-state index in [1.54, 1.807) is 29.5 Å². The van der Waals surface area contributed by atoms with E-state index in [1.807, 2.05) is 0 Å². The Balaban J connectivity index is 1.62. The van der Waals surface area contributed by atoms with Gasteiger partial charge in [-0.15, -0.1) is 11.3 Å². The van der Waals surface area contributed by atoms with E-state index >= 15 is 0 Å². The maximum Gasteiger partial charge on any atom is 0.256 e. The van der Waals surface area contributed by atoms with E-state index in [1.165, 1.54) is 4.88 Å². The Morgan fingerprint density at radius 2 is 2.07 bits per heavy atom. The molecule has 3 aromatic rings. The molecule has 1 aromatic carbocycles. The maximum atomic E-state index is 12.7. The molecule has 2 heterocycles. The van der Waals surface area contributed by atoms with Crippen LogP contribution in [0.5, 0.6) is 0 Å². The average molecular weight is 397 g/mol. The number of anilines is 1. The van der Waals surface area contributed by atoms with Crippen LogP contribution < -0.4 is 5.32 Å². The summed E-state index contributed by atoms with van der Waals surface area (Å²) >= 11 is 2.69. The van der Waals surface area contributed by atoms with Crippen LogP contribution in [0.3, 0.4) is 0 Å². The van der Waals surface area contributed by atoms with Gasteiger partial charge in [0.1, 0.15) is 22.1 Å². The van der Waals surface area contributed by atoms with Gasteiger partial charge in [-0.2, -0.15) is 14.0 Å². The van der Waals surface area contributed by atoms with Gasteiger partial charge in [0.05, 0.1) is 17.3 Å². The van der Waals surface area contributed by atoms with Crippen LogP contribution >= 0.6 is 23.1 Å². The van der Waals surface area contributed by atoms with E-state index in [2.05, 4.69) is 40.9 Å². The SMILES string of the molecule is CC(C)(C)C1CCc2c(sc(NC(=O)c3ccc4nsnc4c3)c2C#N)C1. The molecule has 0 bridgehead atoms. The van der Waals surface area contributed by atoms with Crippen molar-refractivity contribution in [1.29, 1.82) is 5.26 Å². The summed E-state index contributed by atoms with van der Waals surface area (Å²) in [6.07, 6.45) is 2.97. The number of hydrogen-bond donors (Lipinski definition) is 1. The maximum absolute atomic E-state index is 12.7. The highest BCUT2D eigenvalue weighted by atomic mass is 32.1. The Bertz CT molecular complexity index is 1070. The smallest absolute Gasteiger partial charge is 0.256 e. The second-order valence-electron chi connectivity index (χ2n) is 8.05. The molecule has 0 spiro atoms. The van der Waals surface area contributed by atoms with Gasteiger partial charge in [0.15, 0.2) is 0 Å². The quantitative estimate of drug-likeness (QED) is 0.659. The molecule has 1 aliphatic rings. The number of rotatable bonds is 2. The van der Waals surface area contributed by atoms with Crippen molar-refractivity contribution < 1.29 is 4.79 Å². The lowest BCUT2D eigenvalue weighted by atomic mass is 9.72. The van der Waals surface area contributed by atoms with Gasteiger partial charge in [0, 0.05) is 10.4 Å². The number of nitrogens with zero attached hydrogens (tertiary/aromatic N) is 3. The molecule has 4 rings (SSSR count). The standard InChI is InChI=1S/C20H20N4OS2/c1-20(2,3)12-5-6-13-14(10-21)19(26-17(13)9-12)22-18(25)11-4-7-15-16(8-11)24-27-23-15/h4,7-8,12H,5-6,9H2,1-3H3,(H,22,25). The van der Waals surface area contributed by atoms with Gasteiger partial charge in [-0.3, -0.25) is 4.79 Å². The van der Waals surface area contributed by atoms with Crippen LogP contribution in [0.4, 0.5) is 5.00 Å². The molecule has 1 unspecified atom stereocenters. The van der Waals surface area contributed by atoms with Crippen molar-refractivity contribution in [3.63, 3.8) is 0 Å². The molecule has 0 aliphatic heterocycles. The molecule has 7 heteroatoms. The first kappa shape index (κ1) is 18.1. The first-order valence-electron chi connectivity index (χ1n) is 8.95. The normalized spacial score (nSPS) is 16.7. The van der Waals surface area contributed by atoms with E-state index in [0.29, 0.717) is 27.6 Å². The molecule has 5 nitrogen and oxygen atoms in total. The summed E-state index contributed by atoms with van der Waals surface area (Å²) in [4.78, 5) is 14.0. The van der Waals surface area contributed by atoms with Crippen LogP contribution in [-0.4, -0.2) is 14.7 Å². The van der Waals surface area contributed by atoms with Crippen LogP contribution in [0.1, 0.15) is 53.6 Å². The van der Waals surface area contributed by atoms with E-state index in [9.17, 15) is 10.1 Å². The molecular formula is C20H20N4OS2. The molecule has 0 saturated carbocycles. The van der Waals surface area contributed by atoms with Crippen molar-refractivity contribution in [3.8, 4) is 6.07 Å². The lowest BCUT2D eigenvalue weighted by Crippen LogP contribution is -2.26. The van der Waals surface area contributed by atoms with Gasteiger partial charge in [0.25, 0.3) is 5.91 Å². The number of nitriles is 1.